The van der Waals surface area contributed by atoms with Crippen LogP contribution in [0.2, 0.25) is 0 Å². The minimum Gasteiger partial charge on any atom is -0.239 e. The van der Waals surface area contributed by atoms with Crippen molar-refractivity contribution in [2.45, 2.75) is 32.6 Å². The average Bonchev–Trinajstić information content (AvgIpc) is 2.55. The quantitative estimate of drug-likeness (QED) is 0.466. The Hall–Kier alpha value is -0.330. The van der Waals surface area contributed by atoms with Crippen molar-refractivity contribution in [3.8, 4) is 0 Å². The first-order chi connectivity index (χ1) is 5.30. The molecule has 0 aromatic rings. The maximum Gasteiger partial charge on any atom is 0.159 e. The Morgan fingerprint density at radius 3 is 2.91 bits per heavy atom. The van der Waals surface area contributed by atoms with Crippen molar-refractivity contribution < 1.29 is 4.58 Å². The van der Waals surface area contributed by atoms with E-state index < -0.39 is 0 Å². The maximum atomic E-state index is 2.49. The van der Waals surface area contributed by atoms with Gasteiger partial charge >= 0.3 is 0 Å². The molecule has 1 nitrogen and oxygen atoms in total. The van der Waals surface area contributed by atoms with Crippen molar-refractivity contribution in [3.63, 3.8) is 0 Å². The summed E-state index contributed by atoms with van der Waals surface area (Å²) in [6.45, 7) is 3.68. The summed E-state index contributed by atoms with van der Waals surface area (Å²) in [7, 11) is 2.26. The average molecular weight is 152 g/mol. The highest BCUT2D eigenvalue weighted by Crippen LogP contribution is 2.39. The van der Waals surface area contributed by atoms with E-state index >= 15 is 0 Å². The molecule has 0 aromatic heterocycles. The molecule has 11 heavy (non-hydrogen) atoms. The minimum absolute atomic E-state index is 0.915. The number of rotatable bonds is 0. The largest absolute Gasteiger partial charge is 0.239 e. The summed E-state index contributed by atoms with van der Waals surface area (Å²) in [6, 6.07) is 0. The number of nitrogens with zero attached hydrogens (tertiary/aromatic N) is 1. The molecule has 0 amide bonds. The van der Waals surface area contributed by atoms with E-state index in [4.69, 9.17) is 0 Å². The van der Waals surface area contributed by atoms with Crippen LogP contribution in [0, 0.1) is 11.8 Å². The third-order valence-corrected chi connectivity index (χ3v) is 3.29. The highest BCUT2D eigenvalue weighted by atomic mass is 15.0. The van der Waals surface area contributed by atoms with Gasteiger partial charge in [0, 0.05) is 12.3 Å². The molecule has 62 valence electrons. The van der Waals surface area contributed by atoms with E-state index in [1.165, 1.54) is 32.2 Å². The van der Waals surface area contributed by atoms with Crippen LogP contribution in [0.1, 0.15) is 32.6 Å². The third-order valence-electron chi connectivity index (χ3n) is 3.29. The van der Waals surface area contributed by atoms with Gasteiger partial charge in [-0.3, -0.25) is 0 Å². The molecule has 1 heterocycles. The number of fused-ring (bicyclic) bond motifs is 1. The lowest BCUT2D eigenvalue weighted by Gasteiger charge is -2.01. The zero-order valence-electron chi connectivity index (χ0n) is 7.64. The molecule has 0 bridgehead atoms. The van der Waals surface area contributed by atoms with Crippen LogP contribution in [0.3, 0.4) is 0 Å². The van der Waals surface area contributed by atoms with E-state index in [-0.39, 0.29) is 0 Å². The first-order valence-electron chi connectivity index (χ1n) is 4.88. The molecule has 0 N–H and O–H groups in total. The monoisotopic (exact) mass is 152 g/mol. The molecule has 0 aromatic carbocycles. The zero-order chi connectivity index (χ0) is 7.84. The van der Waals surface area contributed by atoms with Gasteiger partial charge < -0.3 is 0 Å². The summed E-state index contributed by atoms with van der Waals surface area (Å²) in [5.41, 5.74) is 1.74. The van der Waals surface area contributed by atoms with Crippen LogP contribution in [0.4, 0.5) is 0 Å². The summed E-state index contributed by atoms with van der Waals surface area (Å²) in [5, 5.41) is 0. The fourth-order valence-electron chi connectivity index (χ4n) is 2.49. The van der Waals surface area contributed by atoms with Crippen LogP contribution >= 0.6 is 0 Å². The van der Waals surface area contributed by atoms with Crippen LogP contribution in [0.15, 0.2) is 0 Å². The van der Waals surface area contributed by atoms with Crippen LogP contribution in [-0.2, 0) is 0 Å². The second-order valence-corrected chi connectivity index (χ2v) is 4.09. The van der Waals surface area contributed by atoms with Crippen molar-refractivity contribution in [2.24, 2.45) is 11.8 Å². The van der Waals surface area contributed by atoms with Gasteiger partial charge in [-0.05, 0) is 12.8 Å². The van der Waals surface area contributed by atoms with Gasteiger partial charge in [-0.1, -0.05) is 13.3 Å². The normalized spacial score (nSPS) is 37.6. The van der Waals surface area contributed by atoms with Gasteiger partial charge in [0.1, 0.15) is 13.6 Å². The SMILES string of the molecule is C[C@@H]1C2=[N+](C)CCCCCC21. The van der Waals surface area contributed by atoms with E-state index in [1.807, 2.05) is 0 Å². The molecule has 0 saturated heterocycles. The molecule has 1 aliphatic carbocycles. The molecule has 1 aliphatic heterocycles. The Labute approximate surface area is 69.1 Å². The molecule has 2 atom stereocenters. The van der Waals surface area contributed by atoms with Crippen LogP contribution in [-0.4, -0.2) is 23.9 Å². The highest BCUT2D eigenvalue weighted by molar-refractivity contribution is 5.99. The molecule has 1 saturated carbocycles. The highest BCUT2D eigenvalue weighted by Gasteiger charge is 2.49. The van der Waals surface area contributed by atoms with E-state index in [0.29, 0.717) is 0 Å². The second kappa shape index (κ2) is 2.62. The van der Waals surface area contributed by atoms with E-state index in [2.05, 4.69) is 18.5 Å². The van der Waals surface area contributed by atoms with Crippen molar-refractivity contribution >= 4 is 5.71 Å². The first kappa shape index (κ1) is 7.33. The second-order valence-electron chi connectivity index (χ2n) is 4.09. The first-order valence-corrected chi connectivity index (χ1v) is 4.88. The molecule has 0 radical (unpaired) electrons. The molecule has 2 aliphatic rings. The van der Waals surface area contributed by atoms with Crippen molar-refractivity contribution in [3.05, 3.63) is 0 Å². The van der Waals surface area contributed by atoms with E-state index in [1.54, 1.807) is 5.71 Å². The predicted molar refractivity (Wildman–Crippen MR) is 47.2 cm³/mol. The van der Waals surface area contributed by atoms with Gasteiger partial charge in [-0.15, -0.1) is 0 Å². The third kappa shape index (κ3) is 1.21. The van der Waals surface area contributed by atoms with E-state index in [9.17, 15) is 0 Å². The van der Waals surface area contributed by atoms with Crippen molar-refractivity contribution in [1.82, 2.24) is 0 Å². The molecule has 1 fully saturated rings. The summed E-state index contributed by atoms with van der Waals surface area (Å²) in [6.07, 6.45) is 5.77. The Morgan fingerprint density at radius 2 is 2.09 bits per heavy atom. The lowest BCUT2D eigenvalue weighted by atomic mass is 10.1. The molecular weight excluding hydrogens is 134 g/mol. The predicted octanol–water partition coefficient (Wildman–Crippen LogP) is 1.91. The molecule has 2 rings (SSSR count). The molecule has 0 spiro atoms. The Kier molecular flexibility index (Phi) is 1.74. The van der Waals surface area contributed by atoms with Crippen LogP contribution in [0.5, 0.6) is 0 Å². The fourth-order valence-corrected chi connectivity index (χ4v) is 2.49. The smallest absolute Gasteiger partial charge is 0.159 e. The van der Waals surface area contributed by atoms with Crippen LogP contribution < -0.4 is 0 Å². The zero-order valence-corrected chi connectivity index (χ0v) is 7.64. The van der Waals surface area contributed by atoms with Gasteiger partial charge in [0.05, 0.1) is 5.92 Å². The number of hydrogen-bond donors (Lipinski definition) is 0. The van der Waals surface area contributed by atoms with Gasteiger partial charge in [-0.25, -0.2) is 4.58 Å². The van der Waals surface area contributed by atoms with Crippen LogP contribution in [0.25, 0.3) is 0 Å². The standard InChI is InChI=1S/C10H18N/c1-8-9-6-4-3-5-7-11(2)10(8)9/h8-9H,3-7H2,1-2H3/q+1/t8-,9?/m0/s1. The van der Waals surface area contributed by atoms with Crippen molar-refractivity contribution in [1.29, 1.82) is 0 Å². The molecular formula is C10H18N+. The van der Waals surface area contributed by atoms with Crippen molar-refractivity contribution in [2.75, 3.05) is 13.6 Å². The van der Waals surface area contributed by atoms with E-state index in [0.717, 1.165) is 11.8 Å². The lowest BCUT2D eigenvalue weighted by molar-refractivity contribution is -0.497. The van der Waals surface area contributed by atoms with Gasteiger partial charge in [0.15, 0.2) is 5.71 Å². The summed E-state index contributed by atoms with van der Waals surface area (Å²) in [4.78, 5) is 0. The molecule has 1 heteroatoms. The minimum atomic E-state index is 0.915. The van der Waals surface area contributed by atoms with Gasteiger partial charge in [0.2, 0.25) is 0 Å². The Morgan fingerprint density at radius 1 is 1.27 bits per heavy atom. The summed E-state index contributed by atoms with van der Waals surface area (Å²) in [5.74, 6) is 1.89. The maximum absolute atomic E-state index is 2.49. The molecule has 1 unspecified atom stereocenters. The fraction of sp³-hybridized carbons (Fsp3) is 0.900. The lowest BCUT2D eigenvalue weighted by Crippen LogP contribution is -2.12. The summed E-state index contributed by atoms with van der Waals surface area (Å²) >= 11 is 0. The summed E-state index contributed by atoms with van der Waals surface area (Å²) < 4.78 is 2.49. The Bertz CT molecular complexity index is 193. The number of hydrogen-bond acceptors (Lipinski definition) is 0. The van der Waals surface area contributed by atoms with Gasteiger partial charge in [0.25, 0.3) is 0 Å². The topological polar surface area (TPSA) is 3.01 Å². The Balaban J connectivity index is 2.13. The van der Waals surface area contributed by atoms with Gasteiger partial charge in [-0.2, -0.15) is 0 Å².